The minimum Gasteiger partial charge on any atom is -0.448 e. The number of piperidine rings is 1. The molecule has 2 saturated heterocycles. The zero-order valence-electron chi connectivity index (χ0n) is 14.1. The van der Waals surface area contributed by atoms with Crippen molar-refractivity contribution in [3.05, 3.63) is 6.07 Å². The van der Waals surface area contributed by atoms with Crippen LogP contribution >= 0.6 is 11.8 Å². The predicted octanol–water partition coefficient (Wildman–Crippen LogP) is 2.37. The van der Waals surface area contributed by atoms with Gasteiger partial charge in [0.2, 0.25) is 0 Å². The molecule has 0 bridgehead atoms. The van der Waals surface area contributed by atoms with Crippen molar-refractivity contribution in [1.82, 2.24) is 14.9 Å². The monoisotopic (exact) mass is 351 g/mol. The Morgan fingerprint density at radius 3 is 2.79 bits per heavy atom. The quantitative estimate of drug-likeness (QED) is 0.478. The lowest BCUT2D eigenvalue weighted by molar-refractivity contribution is 0.142. The number of nitrogens with two attached hydrogens (primary N) is 1. The normalized spacial score (nSPS) is 19.0. The van der Waals surface area contributed by atoms with E-state index in [0.29, 0.717) is 19.0 Å². The van der Waals surface area contributed by atoms with E-state index in [1.807, 2.05) is 11.0 Å². The van der Waals surface area contributed by atoms with Gasteiger partial charge in [0.25, 0.3) is 0 Å². The highest BCUT2D eigenvalue weighted by Gasteiger charge is 2.32. The molecule has 2 N–H and O–H groups in total. The number of nitrogen functional groups attached to an aromatic ring is 1. The molecule has 24 heavy (non-hydrogen) atoms. The van der Waals surface area contributed by atoms with Crippen molar-refractivity contribution in [3.8, 4) is 0 Å². The first-order valence-electron chi connectivity index (χ1n) is 8.63. The zero-order valence-corrected chi connectivity index (χ0v) is 14.9. The van der Waals surface area contributed by atoms with Crippen molar-refractivity contribution in [3.63, 3.8) is 0 Å². The summed E-state index contributed by atoms with van der Waals surface area (Å²) in [4.78, 5) is 24.8. The molecule has 3 rings (SSSR count). The lowest BCUT2D eigenvalue weighted by Crippen LogP contribution is -2.45. The Kier molecular flexibility index (Phi) is 5.65. The van der Waals surface area contributed by atoms with Crippen molar-refractivity contribution in [1.29, 1.82) is 0 Å². The van der Waals surface area contributed by atoms with Gasteiger partial charge < -0.3 is 20.3 Å². The van der Waals surface area contributed by atoms with Gasteiger partial charge in [0.1, 0.15) is 18.2 Å². The van der Waals surface area contributed by atoms with Gasteiger partial charge in [0.15, 0.2) is 5.16 Å². The standard InChI is InChI=1S/C16H25N5O2S/c1-2-3-10-24-15-18-13(17)11-14(19-15)20-6-4-12(5-7-20)21-8-9-23-16(21)22/h11-12H,2-10H2,1H3,(H2,17,18,19). The molecule has 7 nitrogen and oxygen atoms in total. The molecule has 2 aliphatic rings. The fraction of sp³-hybridized carbons (Fsp3) is 0.688. The number of ether oxygens (including phenoxy) is 1. The molecule has 0 radical (unpaired) electrons. The largest absolute Gasteiger partial charge is 0.448 e. The van der Waals surface area contributed by atoms with E-state index >= 15 is 0 Å². The van der Waals surface area contributed by atoms with E-state index in [2.05, 4.69) is 21.8 Å². The highest BCUT2D eigenvalue weighted by Crippen LogP contribution is 2.26. The van der Waals surface area contributed by atoms with E-state index in [-0.39, 0.29) is 12.1 Å². The molecule has 2 aliphatic heterocycles. The van der Waals surface area contributed by atoms with Crippen LogP contribution in [0.25, 0.3) is 0 Å². The van der Waals surface area contributed by atoms with E-state index in [0.717, 1.165) is 55.5 Å². The number of aromatic nitrogens is 2. The molecule has 8 heteroatoms. The Balaban J connectivity index is 1.60. The maximum absolute atomic E-state index is 11.7. The van der Waals surface area contributed by atoms with Crippen LogP contribution in [0.15, 0.2) is 11.2 Å². The summed E-state index contributed by atoms with van der Waals surface area (Å²) < 4.78 is 5.04. The van der Waals surface area contributed by atoms with E-state index in [9.17, 15) is 4.79 Å². The summed E-state index contributed by atoms with van der Waals surface area (Å²) in [5.74, 6) is 2.42. The Morgan fingerprint density at radius 1 is 1.33 bits per heavy atom. The second-order valence-electron chi connectivity index (χ2n) is 6.16. The molecule has 0 spiro atoms. The number of hydrogen-bond donors (Lipinski definition) is 1. The van der Waals surface area contributed by atoms with Crippen LogP contribution in [-0.2, 0) is 4.74 Å². The summed E-state index contributed by atoms with van der Waals surface area (Å²) in [7, 11) is 0. The van der Waals surface area contributed by atoms with Crippen molar-refractivity contribution >= 4 is 29.5 Å². The molecule has 3 heterocycles. The van der Waals surface area contributed by atoms with Crippen LogP contribution in [0, 0.1) is 0 Å². The molecule has 0 aromatic carbocycles. The highest BCUT2D eigenvalue weighted by atomic mass is 32.2. The van der Waals surface area contributed by atoms with Crippen LogP contribution in [0.5, 0.6) is 0 Å². The Hall–Kier alpha value is -1.70. The van der Waals surface area contributed by atoms with Crippen LogP contribution in [0.2, 0.25) is 0 Å². The first-order valence-corrected chi connectivity index (χ1v) is 9.61. The lowest BCUT2D eigenvalue weighted by Gasteiger charge is -2.36. The summed E-state index contributed by atoms with van der Waals surface area (Å²) in [6.45, 7) is 5.13. The van der Waals surface area contributed by atoms with Gasteiger partial charge in [-0.3, -0.25) is 0 Å². The number of carbonyl (C=O) groups excluding carboxylic acids is 1. The third-order valence-electron chi connectivity index (χ3n) is 4.46. The lowest BCUT2D eigenvalue weighted by atomic mass is 10.0. The fourth-order valence-electron chi connectivity index (χ4n) is 3.11. The van der Waals surface area contributed by atoms with Gasteiger partial charge >= 0.3 is 6.09 Å². The average Bonchev–Trinajstić information content (AvgIpc) is 3.01. The summed E-state index contributed by atoms with van der Waals surface area (Å²) in [6.07, 6.45) is 3.99. The number of carbonyl (C=O) groups is 1. The smallest absolute Gasteiger partial charge is 0.410 e. The Bertz CT molecular complexity index is 578. The van der Waals surface area contributed by atoms with E-state index in [1.165, 1.54) is 0 Å². The number of thioether (sulfide) groups is 1. The predicted molar refractivity (Wildman–Crippen MR) is 95.4 cm³/mol. The first kappa shape index (κ1) is 17.1. The summed E-state index contributed by atoms with van der Waals surface area (Å²) >= 11 is 1.66. The number of rotatable bonds is 6. The first-order chi connectivity index (χ1) is 11.7. The molecule has 1 aromatic rings. The van der Waals surface area contributed by atoms with Crippen molar-refractivity contribution in [2.75, 3.05) is 42.6 Å². The molecule has 0 saturated carbocycles. The third-order valence-corrected chi connectivity index (χ3v) is 5.40. The van der Waals surface area contributed by atoms with Gasteiger partial charge in [-0.25, -0.2) is 14.8 Å². The van der Waals surface area contributed by atoms with Crippen molar-refractivity contribution in [2.24, 2.45) is 0 Å². The third kappa shape index (κ3) is 4.03. The number of anilines is 2. The van der Waals surface area contributed by atoms with Crippen LogP contribution in [0.3, 0.4) is 0 Å². The molecule has 0 aliphatic carbocycles. The van der Waals surface area contributed by atoms with Gasteiger partial charge in [-0.1, -0.05) is 25.1 Å². The molecule has 0 atom stereocenters. The van der Waals surface area contributed by atoms with Gasteiger partial charge in [0, 0.05) is 31.0 Å². The van der Waals surface area contributed by atoms with Gasteiger partial charge in [-0.15, -0.1) is 0 Å². The number of cyclic esters (lactones) is 1. The minimum absolute atomic E-state index is 0.172. The Labute approximate surface area is 146 Å². The Morgan fingerprint density at radius 2 is 2.12 bits per heavy atom. The molecular formula is C16H25N5O2S. The van der Waals surface area contributed by atoms with Crippen LogP contribution in [-0.4, -0.2) is 59.0 Å². The molecule has 132 valence electrons. The number of unbranched alkanes of at least 4 members (excludes halogenated alkanes) is 1. The molecular weight excluding hydrogens is 326 g/mol. The zero-order chi connectivity index (χ0) is 16.9. The van der Waals surface area contributed by atoms with E-state index < -0.39 is 0 Å². The number of nitrogens with zero attached hydrogens (tertiary/aromatic N) is 4. The average molecular weight is 351 g/mol. The summed E-state index contributed by atoms with van der Waals surface area (Å²) in [5, 5.41) is 0.753. The molecule has 1 amide bonds. The van der Waals surface area contributed by atoms with Gasteiger partial charge in [0.05, 0.1) is 6.54 Å². The molecule has 2 fully saturated rings. The highest BCUT2D eigenvalue weighted by molar-refractivity contribution is 7.99. The van der Waals surface area contributed by atoms with Crippen molar-refractivity contribution in [2.45, 2.75) is 43.8 Å². The maximum Gasteiger partial charge on any atom is 0.410 e. The minimum atomic E-state index is -0.172. The maximum atomic E-state index is 11.7. The number of hydrogen-bond acceptors (Lipinski definition) is 7. The van der Waals surface area contributed by atoms with Crippen molar-refractivity contribution < 1.29 is 9.53 Å². The SMILES string of the molecule is CCCCSc1nc(N)cc(N2CCC(N3CCOC3=O)CC2)n1. The van der Waals surface area contributed by atoms with E-state index in [1.54, 1.807) is 11.8 Å². The van der Waals surface area contributed by atoms with Crippen LogP contribution in [0.4, 0.5) is 16.4 Å². The van der Waals surface area contributed by atoms with Crippen LogP contribution < -0.4 is 10.6 Å². The van der Waals surface area contributed by atoms with Gasteiger partial charge in [-0.05, 0) is 19.3 Å². The number of amides is 1. The molecule has 1 aromatic heterocycles. The summed E-state index contributed by atoms with van der Waals surface area (Å²) in [5.41, 5.74) is 5.95. The van der Waals surface area contributed by atoms with Gasteiger partial charge in [-0.2, -0.15) is 0 Å². The molecule has 0 unspecified atom stereocenters. The summed E-state index contributed by atoms with van der Waals surface area (Å²) in [6, 6.07) is 2.11. The van der Waals surface area contributed by atoms with E-state index in [4.69, 9.17) is 10.5 Å². The van der Waals surface area contributed by atoms with Crippen LogP contribution in [0.1, 0.15) is 32.6 Å². The second-order valence-corrected chi connectivity index (χ2v) is 7.22. The second kappa shape index (κ2) is 7.92. The topological polar surface area (TPSA) is 84.6 Å². The fourth-order valence-corrected chi connectivity index (χ4v) is 4.05.